The topological polar surface area (TPSA) is 44.5 Å². The van der Waals surface area contributed by atoms with Crippen molar-refractivity contribution in [3.05, 3.63) is 54.1 Å². The standard InChI is InChI=1S/C16H19NO2S/c1-18-14-9-8-12(10-15(14)19-2)16(11-17)20-13-6-4-3-5-7-13/h3-10,16H,11,17H2,1-2H3. The molecule has 0 amide bonds. The molecule has 2 rings (SSSR count). The predicted octanol–water partition coefficient (Wildman–Crippen LogP) is 3.50. The molecule has 0 spiro atoms. The molecule has 1 atom stereocenters. The van der Waals surface area contributed by atoms with E-state index in [1.54, 1.807) is 26.0 Å². The Balaban J connectivity index is 2.23. The molecule has 0 saturated carbocycles. The highest BCUT2D eigenvalue weighted by Crippen LogP contribution is 2.38. The molecule has 0 aromatic heterocycles. The Labute approximate surface area is 124 Å². The van der Waals surface area contributed by atoms with Gasteiger partial charge in [0.15, 0.2) is 11.5 Å². The smallest absolute Gasteiger partial charge is 0.161 e. The van der Waals surface area contributed by atoms with Crippen LogP contribution < -0.4 is 15.2 Å². The van der Waals surface area contributed by atoms with Crippen molar-refractivity contribution in [2.24, 2.45) is 5.73 Å². The largest absolute Gasteiger partial charge is 0.493 e. The van der Waals surface area contributed by atoms with E-state index in [0.717, 1.165) is 17.1 Å². The molecule has 1 unspecified atom stereocenters. The summed E-state index contributed by atoms with van der Waals surface area (Å²) < 4.78 is 10.6. The van der Waals surface area contributed by atoms with Gasteiger partial charge in [0, 0.05) is 16.7 Å². The zero-order valence-corrected chi connectivity index (χ0v) is 12.5. The van der Waals surface area contributed by atoms with Gasteiger partial charge >= 0.3 is 0 Å². The highest BCUT2D eigenvalue weighted by atomic mass is 32.2. The van der Waals surface area contributed by atoms with Crippen molar-refractivity contribution >= 4 is 11.8 Å². The van der Waals surface area contributed by atoms with Crippen LogP contribution in [0, 0.1) is 0 Å². The molecule has 2 N–H and O–H groups in total. The number of thioether (sulfide) groups is 1. The molecular formula is C16H19NO2S. The van der Waals surface area contributed by atoms with Gasteiger partial charge in [-0.05, 0) is 29.8 Å². The lowest BCUT2D eigenvalue weighted by atomic mass is 10.1. The number of rotatable bonds is 6. The summed E-state index contributed by atoms with van der Waals surface area (Å²) in [5.74, 6) is 1.47. The van der Waals surface area contributed by atoms with Crippen LogP contribution in [-0.4, -0.2) is 20.8 Å². The maximum atomic E-state index is 5.92. The lowest BCUT2D eigenvalue weighted by molar-refractivity contribution is 0.354. The first kappa shape index (κ1) is 14.8. The summed E-state index contributed by atoms with van der Waals surface area (Å²) in [5, 5.41) is 0.192. The minimum absolute atomic E-state index is 0.192. The van der Waals surface area contributed by atoms with Crippen molar-refractivity contribution in [1.82, 2.24) is 0 Å². The maximum absolute atomic E-state index is 5.92. The van der Waals surface area contributed by atoms with Crippen LogP contribution in [0.15, 0.2) is 53.4 Å². The first-order valence-corrected chi connectivity index (χ1v) is 7.30. The Kier molecular flexibility index (Phi) is 5.32. The molecule has 2 aromatic rings. The molecule has 0 saturated heterocycles. The van der Waals surface area contributed by atoms with Crippen molar-refractivity contribution in [1.29, 1.82) is 0 Å². The molecular weight excluding hydrogens is 270 g/mol. The summed E-state index contributed by atoms with van der Waals surface area (Å²) in [5.41, 5.74) is 7.06. The van der Waals surface area contributed by atoms with E-state index in [0.29, 0.717) is 6.54 Å². The van der Waals surface area contributed by atoms with Crippen LogP contribution in [0.2, 0.25) is 0 Å². The quantitative estimate of drug-likeness (QED) is 0.827. The van der Waals surface area contributed by atoms with Gasteiger partial charge in [-0.2, -0.15) is 0 Å². The summed E-state index contributed by atoms with van der Waals surface area (Å²) in [6.45, 7) is 0.565. The second-order valence-electron chi connectivity index (χ2n) is 4.27. The summed E-state index contributed by atoms with van der Waals surface area (Å²) >= 11 is 1.75. The van der Waals surface area contributed by atoms with Crippen LogP contribution in [0.25, 0.3) is 0 Å². The van der Waals surface area contributed by atoms with Crippen LogP contribution in [0.3, 0.4) is 0 Å². The van der Waals surface area contributed by atoms with E-state index in [1.165, 1.54) is 4.90 Å². The second kappa shape index (κ2) is 7.22. The molecule has 2 aromatic carbocycles. The number of methoxy groups -OCH3 is 2. The molecule has 20 heavy (non-hydrogen) atoms. The van der Waals surface area contributed by atoms with Gasteiger partial charge in [0.2, 0.25) is 0 Å². The summed E-state index contributed by atoms with van der Waals surface area (Å²) in [4.78, 5) is 1.21. The van der Waals surface area contributed by atoms with Crippen molar-refractivity contribution in [2.45, 2.75) is 10.1 Å². The molecule has 0 aliphatic heterocycles. The van der Waals surface area contributed by atoms with E-state index in [4.69, 9.17) is 15.2 Å². The van der Waals surface area contributed by atoms with E-state index in [9.17, 15) is 0 Å². The third-order valence-corrected chi connectivity index (χ3v) is 4.31. The fourth-order valence-corrected chi connectivity index (χ4v) is 2.99. The van der Waals surface area contributed by atoms with Gasteiger partial charge in [-0.25, -0.2) is 0 Å². The van der Waals surface area contributed by atoms with Crippen LogP contribution in [0.1, 0.15) is 10.8 Å². The van der Waals surface area contributed by atoms with Crippen LogP contribution in [0.5, 0.6) is 11.5 Å². The molecule has 0 bridgehead atoms. The van der Waals surface area contributed by atoms with E-state index < -0.39 is 0 Å². The molecule has 0 fully saturated rings. The van der Waals surface area contributed by atoms with Crippen LogP contribution in [0.4, 0.5) is 0 Å². The lowest BCUT2D eigenvalue weighted by Crippen LogP contribution is -2.09. The monoisotopic (exact) mass is 289 g/mol. The Hall–Kier alpha value is -1.65. The lowest BCUT2D eigenvalue weighted by Gasteiger charge is -2.17. The van der Waals surface area contributed by atoms with Gasteiger partial charge in [-0.15, -0.1) is 11.8 Å². The first-order valence-electron chi connectivity index (χ1n) is 6.42. The Morgan fingerprint density at radius 1 is 1.00 bits per heavy atom. The Bertz CT molecular complexity index is 545. The van der Waals surface area contributed by atoms with E-state index in [-0.39, 0.29) is 5.25 Å². The third-order valence-electron chi connectivity index (χ3n) is 3.02. The van der Waals surface area contributed by atoms with Crippen molar-refractivity contribution in [2.75, 3.05) is 20.8 Å². The molecule has 106 valence electrons. The minimum atomic E-state index is 0.192. The SMILES string of the molecule is COc1ccc(C(CN)Sc2ccccc2)cc1OC. The van der Waals surface area contributed by atoms with E-state index in [2.05, 4.69) is 12.1 Å². The average Bonchev–Trinajstić information content (AvgIpc) is 2.53. The molecule has 0 aliphatic rings. The summed E-state index contributed by atoms with van der Waals surface area (Å²) in [6, 6.07) is 16.2. The molecule has 3 nitrogen and oxygen atoms in total. The number of hydrogen-bond donors (Lipinski definition) is 1. The fourth-order valence-electron chi connectivity index (χ4n) is 1.97. The summed E-state index contributed by atoms with van der Waals surface area (Å²) in [7, 11) is 3.28. The summed E-state index contributed by atoms with van der Waals surface area (Å²) in [6.07, 6.45) is 0. The maximum Gasteiger partial charge on any atom is 0.161 e. The normalized spacial score (nSPS) is 11.9. The zero-order valence-electron chi connectivity index (χ0n) is 11.7. The average molecular weight is 289 g/mol. The third kappa shape index (κ3) is 3.46. The molecule has 0 aliphatic carbocycles. The number of benzene rings is 2. The van der Waals surface area contributed by atoms with Gasteiger partial charge in [-0.1, -0.05) is 24.3 Å². The predicted molar refractivity (Wildman–Crippen MR) is 83.6 cm³/mol. The Morgan fingerprint density at radius 2 is 1.70 bits per heavy atom. The minimum Gasteiger partial charge on any atom is -0.493 e. The van der Waals surface area contributed by atoms with E-state index >= 15 is 0 Å². The zero-order chi connectivity index (χ0) is 14.4. The van der Waals surface area contributed by atoms with Crippen molar-refractivity contribution in [3.8, 4) is 11.5 Å². The molecule has 0 heterocycles. The fraction of sp³-hybridized carbons (Fsp3) is 0.250. The van der Waals surface area contributed by atoms with E-state index in [1.807, 2.05) is 36.4 Å². The van der Waals surface area contributed by atoms with Gasteiger partial charge in [-0.3, -0.25) is 0 Å². The number of ether oxygens (including phenoxy) is 2. The molecule has 0 radical (unpaired) electrons. The van der Waals surface area contributed by atoms with Crippen LogP contribution >= 0.6 is 11.8 Å². The van der Waals surface area contributed by atoms with Crippen LogP contribution in [-0.2, 0) is 0 Å². The van der Waals surface area contributed by atoms with Gasteiger partial charge in [0.05, 0.1) is 14.2 Å². The second-order valence-corrected chi connectivity index (χ2v) is 5.55. The number of hydrogen-bond acceptors (Lipinski definition) is 4. The van der Waals surface area contributed by atoms with Crippen molar-refractivity contribution < 1.29 is 9.47 Å². The number of nitrogens with two attached hydrogens (primary N) is 1. The molecule has 4 heteroatoms. The highest BCUT2D eigenvalue weighted by molar-refractivity contribution is 7.99. The Morgan fingerprint density at radius 3 is 2.30 bits per heavy atom. The van der Waals surface area contributed by atoms with Gasteiger partial charge < -0.3 is 15.2 Å². The van der Waals surface area contributed by atoms with Crippen molar-refractivity contribution in [3.63, 3.8) is 0 Å². The van der Waals surface area contributed by atoms with Gasteiger partial charge in [0.1, 0.15) is 0 Å². The highest BCUT2D eigenvalue weighted by Gasteiger charge is 2.14. The first-order chi connectivity index (χ1) is 9.78. The van der Waals surface area contributed by atoms with Gasteiger partial charge in [0.25, 0.3) is 0 Å².